The largest absolute Gasteiger partial charge is 0.494 e. The number of hydrogen-bond donors (Lipinski definition) is 4. The van der Waals surface area contributed by atoms with Crippen LogP contribution in [-0.4, -0.2) is 52.1 Å². The number of nitrogens with zero attached hydrogens (tertiary/aromatic N) is 1. The van der Waals surface area contributed by atoms with E-state index in [0.717, 1.165) is 6.07 Å². The summed E-state index contributed by atoms with van der Waals surface area (Å²) in [5, 5.41) is 9.10. The molecular formula is C22H15F2N5O5. The number of halogens is 2. The third kappa shape index (κ3) is 3.17. The van der Waals surface area contributed by atoms with Crippen molar-refractivity contribution >= 4 is 28.7 Å². The first-order chi connectivity index (χ1) is 16.2. The second-order valence-electron chi connectivity index (χ2n) is 7.80. The highest BCUT2D eigenvalue weighted by atomic mass is 19.1. The molecule has 0 aliphatic carbocycles. The Kier molecular flexibility index (Phi) is 4.64. The highest BCUT2D eigenvalue weighted by molar-refractivity contribution is 6.10. The summed E-state index contributed by atoms with van der Waals surface area (Å²) in [5.41, 5.74) is -2.02. The number of rotatable bonds is 3. The van der Waals surface area contributed by atoms with E-state index in [1.54, 1.807) is 0 Å². The topological polar surface area (TPSA) is 136 Å². The maximum atomic E-state index is 14.7. The van der Waals surface area contributed by atoms with E-state index in [9.17, 15) is 28.0 Å². The van der Waals surface area contributed by atoms with Gasteiger partial charge in [0, 0.05) is 12.1 Å². The number of methoxy groups -OCH3 is 1. The summed E-state index contributed by atoms with van der Waals surface area (Å²) in [7, 11) is 1.27. The number of aromatic nitrogens is 2. The smallest absolute Gasteiger partial charge is 0.323 e. The molecule has 1 saturated heterocycles. The molecule has 1 atom stereocenters. The predicted molar refractivity (Wildman–Crippen MR) is 113 cm³/mol. The first kappa shape index (κ1) is 21.2. The zero-order valence-electron chi connectivity index (χ0n) is 17.5. The molecular weight excluding hydrogens is 452 g/mol. The van der Waals surface area contributed by atoms with Crippen LogP contribution in [0.3, 0.4) is 0 Å². The van der Waals surface area contributed by atoms with Gasteiger partial charge in [-0.1, -0.05) is 17.9 Å². The van der Waals surface area contributed by atoms with Crippen LogP contribution in [0.25, 0.3) is 10.9 Å². The fraction of sp³-hybridized carbons (Fsp3) is 0.182. The van der Waals surface area contributed by atoms with Gasteiger partial charge in [0.2, 0.25) is 5.54 Å². The molecule has 10 nitrogen and oxygen atoms in total. The van der Waals surface area contributed by atoms with Crippen LogP contribution in [0.2, 0.25) is 0 Å². The Hall–Kier alpha value is -4.66. The number of amides is 4. The van der Waals surface area contributed by atoms with Gasteiger partial charge in [0.1, 0.15) is 11.2 Å². The lowest BCUT2D eigenvalue weighted by molar-refractivity contribution is -0.122. The van der Waals surface area contributed by atoms with Gasteiger partial charge < -0.3 is 15.0 Å². The maximum absolute atomic E-state index is 14.7. The molecule has 0 radical (unpaired) electrons. The Morgan fingerprint density at radius 2 is 1.94 bits per heavy atom. The van der Waals surface area contributed by atoms with Crippen molar-refractivity contribution < 1.29 is 27.9 Å². The van der Waals surface area contributed by atoms with Crippen molar-refractivity contribution in [3.8, 4) is 17.6 Å². The van der Waals surface area contributed by atoms with Gasteiger partial charge in [-0.15, -0.1) is 0 Å². The minimum Gasteiger partial charge on any atom is -0.494 e. The average molecular weight is 467 g/mol. The molecule has 4 amide bonds. The van der Waals surface area contributed by atoms with Crippen LogP contribution in [-0.2, 0) is 11.3 Å². The van der Waals surface area contributed by atoms with E-state index in [-0.39, 0.29) is 34.3 Å². The molecule has 3 aromatic rings. The van der Waals surface area contributed by atoms with Crippen LogP contribution in [0.15, 0.2) is 29.1 Å². The minimum atomic E-state index is -1.87. The molecule has 0 spiro atoms. The lowest BCUT2D eigenvalue weighted by Crippen LogP contribution is -2.54. The minimum absolute atomic E-state index is 0.0210. The molecule has 2 aliphatic rings. The average Bonchev–Trinajstić information content (AvgIpc) is 3.41. The van der Waals surface area contributed by atoms with E-state index >= 15 is 0 Å². The third-order valence-corrected chi connectivity index (χ3v) is 5.69. The zero-order chi connectivity index (χ0) is 24.2. The number of ether oxygens (including phenoxy) is 1. The van der Waals surface area contributed by atoms with Crippen molar-refractivity contribution in [1.29, 1.82) is 0 Å². The Bertz CT molecular complexity index is 1530. The molecule has 0 bridgehead atoms. The Labute approximate surface area is 189 Å². The second-order valence-corrected chi connectivity index (χ2v) is 7.80. The second kappa shape index (κ2) is 7.45. The normalized spacial score (nSPS) is 19.0. The maximum Gasteiger partial charge on any atom is 0.323 e. The number of carbonyl (C=O) groups excluding carboxylic acids is 3. The van der Waals surface area contributed by atoms with Crippen molar-refractivity contribution in [1.82, 2.24) is 25.7 Å². The van der Waals surface area contributed by atoms with Crippen molar-refractivity contribution in [3.05, 3.63) is 62.9 Å². The fourth-order valence-electron chi connectivity index (χ4n) is 4.07. The Morgan fingerprint density at radius 1 is 1.15 bits per heavy atom. The molecule has 1 fully saturated rings. The van der Waals surface area contributed by atoms with E-state index in [4.69, 9.17) is 4.74 Å². The van der Waals surface area contributed by atoms with Crippen LogP contribution >= 0.6 is 0 Å². The molecule has 3 heterocycles. The number of carbonyl (C=O) groups is 3. The zero-order valence-corrected chi connectivity index (χ0v) is 17.5. The van der Waals surface area contributed by atoms with Gasteiger partial charge >= 0.3 is 6.03 Å². The van der Waals surface area contributed by atoms with Gasteiger partial charge in [-0.3, -0.25) is 29.9 Å². The number of nitrogens with one attached hydrogen (secondary N) is 4. The number of benzene rings is 2. The summed E-state index contributed by atoms with van der Waals surface area (Å²) in [4.78, 5) is 50.4. The molecule has 2 aliphatic heterocycles. The molecule has 4 N–H and O–H groups in total. The standard InChI is InChI=1S/C22H15F2N5O5/c1-34-14-3-2-11-8-29(19(31)15(11)17(14)24)9-22(20(32)25-21(33)26-22)5-4-10-6-12(23)16-13(7-10)27-28-18(16)30/h2-3,6-7H,8-9H2,1H3,(H2,27,28,30)(H2,25,26,32,33)/t22-/m1/s1. The van der Waals surface area contributed by atoms with Gasteiger partial charge in [0.15, 0.2) is 11.6 Å². The van der Waals surface area contributed by atoms with Gasteiger partial charge in [-0.2, -0.15) is 0 Å². The van der Waals surface area contributed by atoms with E-state index in [1.165, 1.54) is 30.2 Å². The molecule has 34 heavy (non-hydrogen) atoms. The van der Waals surface area contributed by atoms with Gasteiger partial charge in [-0.25, -0.2) is 13.6 Å². The monoisotopic (exact) mass is 467 g/mol. The summed E-state index contributed by atoms with van der Waals surface area (Å²) >= 11 is 0. The number of urea groups is 1. The number of H-pyrrole nitrogens is 2. The predicted octanol–water partition coefficient (Wildman–Crippen LogP) is 0.729. The molecule has 172 valence electrons. The Balaban J connectivity index is 1.51. The lowest BCUT2D eigenvalue weighted by atomic mass is 9.99. The van der Waals surface area contributed by atoms with Crippen molar-refractivity contribution in [3.63, 3.8) is 0 Å². The van der Waals surface area contributed by atoms with Crippen LogP contribution < -0.4 is 20.9 Å². The van der Waals surface area contributed by atoms with E-state index in [0.29, 0.717) is 5.56 Å². The molecule has 2 aromatic carbocycles. The third-order valence-electron chi connectivity index (χ3n) is 5.69. The highest BCUT2D eigenvalue weighted by Gasteiger charge is 2.48. The SMILES string of the molecule is COc1ccc2c(c1F)C(=O)N(C[C@@]1(C#Cc3cc(F)c4c(=O)[nH][nH]c4c3)NC(=O)NC1=O)C2. The van der Waals surface area contributed by atoms with Gasteiger partial charge in [0.25, 0.3) is 17.4 Å². The van der Waals surface area contributed by atoms with Gasteiger partial charge in [-0.05, 0) is 23.8 Å². The molecule has 1 aromatic heterocycles. The fourth-order valence-corrected chi connectivity index (χ4v) is 4.07. The summed E-state index contributed by atoms with van der Waals surface area (Å²) < 4.78 is 33.9. The van der Waals surface area contributed by atoms with Crippen LogP contribution in [0.4, 0.5) is 13.6 Å². The highest BCUT2D eigenvalue weighted by Crippen LogP contribution is 2.32. The van der Waals surface area contributed by atoms with Crippen molar-refractivity contribution in [2.45, 2.75) is 12.1 Å². The van der Waals surface area contributed by atoms with Crippen LogP contribution in [0.5, 0.6) is 5.75 Å². The number of fused-ring (bicyclic) bond motifs is 2. The Morgan fingerprint density at radius 3 is 2.65 bits per heavy atom. The van der Waals surface area contributed by atoms with Crippen LogP contribution in [0, 0.1) is 23.5 Å². The summed E-state index contributed by atoms with van der Waals surface area (Å²) in [5.74, 6) is 1.99. The van der Waals surface area contributed by atoms with Crippen molar-refractivity contribution in [2.24, 2.45) is 0 Å². The number of imide groups is 1. The van der Waals surface area contributed by atoms with Gasteiger partial charge in [0.05, 0.1) is 24.7 Å². The lowest BCUT2D eigenvalue weighted by Gasteiger charge is -2.26. The summed E-state index contributed by atoms with van der Waals surface area (Å²) in [6.45, 7) is -0.411. The molecule has 0 unspecified atom stereocenters. The summed E-state index contributed by atoms with van der Waals surface area (Å²) in [6, 6.07) is 4.51. The first-order valence-electron chi connectivity index (χ1n) is 9.94. The van der Waals surface area contributed by atoms with Crippen LogP contribution in [0.1, 0.15) is 21.5 Å². The molecule has 5 rings (SSSR count). The number of hydrogen-bond acceptors (Lipinski definition) is 5. The first-order valence-corrected chi connectivity index (χ1v) is 9.94. The van der Waals surface area contributed by atoms with E-state index < -0.39 is 47.1 Å². The molecule has 0 saturated carbocycles. The van der Waals surface area contributed by atoms with E-state index in [1.807, 2.05) is 0 Å². The quantitative estimate of drug-likeness (QED) is 0.333. The van der Waals surface area contributed by atoms with E-state index in [2.05, 4.69) is 32.7 Å². The van der Waals surface area contributed by atoms with Crippen molar-refractivity contribution in [2.75, 3.05) is 13.7 Å². The molecule has 12 heteroatoms. The summed E-state index contributed by atoms with van der Waals surface area (Å²) in [6.07, 6.45) is 0. The number of aromatic amines is 2.